The summed E-state index contributed by atoms with van der Waals surface area (Å²) in [6.07, 6.45) is 2.85. The summed E-state index contributed by atoms with van der Waals surface area (Å²) < 4.78 is 4.52. The summed E-state index contributed by atoms with van der Waals surface area (Å²) in [5.74, 6) is -0.304. The van der Waals surface area contributed by atoms with Gasteiger partial charge in [-0.3, -0.25) is 0 Å². The van der Waals surface area contributed by atoms with Crippen LogP contribution in [0.15, 0.2) is 42.5 Å². The lowest BCUT2D eigenvalue weighted by atomic mass is 10.0. The van der Waals surface area contributed by atoms with Gasteiger partial charge >= 0.3 is 5.97 Å². The Morgan fingerprint density at radius 3 is 2.76 bits per heavy atom. The molecule has 0 aliphatic carbocycles. The summed E-state index contributed by atoms with van der Waals surface area (Å²) in [5, 5.41) is 11.7. The van der Waals surface area contributed by atoms with E-state index in [9.17, 15) is 9.90 Å². The van der Waals surface area contributed by atoms with Gasteiger partial charge in [-0.2, -0.15) is 0 Å². The van der Waals surface area contributed by atoms with Gasteiger partial charge in [-0.15, -0.1) is 0 Å². The van der Waals surface area contributed by atoms with Crippen LogP contribution in [0.4, 0.5) is 0 Å². The Bertz CT molecular complexity index is 585. The van der Waals surface area contributed by atoms with Gasteiger partial charge < -0.3 is 9.84 Å². The highest BCUT2D eigenvalue weighted by Crippen LogP contribution is 2.28. The third kappa shape index (κ3) is 2.28. The first-order valence-corrected chi connectivity index (χ1v) is 5.19. The highest BCUT2D eigenvalue weighted by molar-refractivity contribution is 5.96. The lowest BCUT2D eigenvalue weighted by molar-refractivity contribution is -0.134. The number of methoxy groups -OCH3 is 1. The number of carbonyl (C=O) groups excluding carboxylic acids is 1. The Labute approximate surface area is 99.0 Å². The first-order chi connectivity index (χ1) is 8.22. The molecule has 2 aromatic rings. The standard InChI is InChI=1S/C14H12O3/c1-17-14(16)9-7-12-11-5-3-2-4-10(11)6-8-13(12)15/h2-9,15H,1H3/b9-7+. The zero-order valence-corrected chi connectivity index (χ0v) is 9.38. The Balaban J connectivity index is 2.55. The zero-order valence-electron chi connectivity index (χ0n) is 9.38. The van der Waals surface area contributed by atoms with Crippen molar-refractivity contribution in [3.8, 4) is 5.75 Å². The van der Waals surface area contributed by atoms with Gasteiger partial charge in [-0.1, -0.05) is 30.3 Å². The van der Waals surface area contributed by atoms with Crippen molar-refractivity contribution in [2.45, 2.75) is 0 Å². The lowest BCUT2D eigenvalue weighted by Crippen LogP contribution is -1.93. The van der Waals surface area contributed by atoms with Crippen LogP contribution < -0.4 is 0 Å². The first-order valence-electron chi connectivity index (χ1n) is 5.19. The second kappa shape index (κ2) is 4.70. The molecule has 0 fully saturated rings. The number of hydrogen-bond donors (Lipinski definition) is 1. The second-order valence-corrected chi connectivity index (χ2v) is 3.58. The molecule has 1 N–H and O–H groups in total. The van der Waals surface area contributed by atoms with Crippen LogP contribution >= 0.6 is 0 Å². The highest BCUT2D eigenvalue weighted by Gasteiger charge is 2.04. The maximum Gasteiger partial charge on any atom is 0.330 e. The van der Waals surface area contributed by atoms with Crippen LogP contribution in [0, 0.1) is 0 Å². The SMILES string of the molecule is COC(=O)/C=C/c1c(O)ccc2ccccc12. The maximum atomic E-state index is 11.0. The molecule has 0 atom stereocenters. The average molecular weight is 228 g/mol. The Morgan fingerprint density at radius 1 is 1.24 bits per heavy atom. The summed E-state index contributed by atoms with van der Waals surface area (Å²) in [4.78, 5) is 11.0. The van der Waals surface area contributed by atoms with Crippen LogP contribution in [-0.2, 0) is 9.53 Å². The molecular formula is C14H12O3. The van der Waals surface area contributed by atoms with Crippen molar-refractivity contribution < 1.29 is 14.6 Å². The Kier molecular flexibility index (Phi) is 3.10. The molecule has 0 aromatic heterocycles. The quantitative estimate of drug-likeness (QED) is 0.635. The number of phenols is 1. The molecular weight excluding hydrogens is 216 g/mol. The number of carbonyl (C=O) groups is 1. The van der Waals surface area contributed by atoms with Crippen molar-refractivity contribution in [3.05, 3.63) is 48.0 Å². The molecule has 2 rings (SSSR count). The molecule has 0 aliphatic rings. The third-order valence-electron chi connectivity index (χ3n) is 2.53. The topological polar surface area (TPSA) is 46.5 Å². The molecule has 3 nitrogen and oxygen atoms in total. The van der Waals surface area contributed by atoms with Crippen LogP contribution in [0.2, 0.25) is 0 Å². The first kappa shape index (κ1) is 11.2. The van der Waals surface area contributed by atoms with Gasteiger partial charge in [-0.05, 0) is 22.9 Å². The van der Waals surface area contributed by atoms with Crippen molar-refractivity contribution in [1.29, 1.82) is 0 Å². The van der Waals surface area contributed by atoms with Crippen LogP contribution in [0.5, 0.6) is 5.75 Å². The van der Waals surface area contributed by atoms with E-state index < -0.39 is 5.97 Å². The summed E-state index contributed by atoms with van der Waals surface area (Å²) in [5.41, 5.74) is 0.619. The minimum atomic E-state index is -0.447. The van der Waals surface area contributed by atoms with Crippen LogP contribution in [0.3, 0.4) is 0 Å². The van der Waals surface area contributed by atoms with Gasteiger partial charge in [0.25, 0.3) is 0 Å². The van der Waals surface area contributed by atoms with Gasteiger partial charge in [0.1, 0.15) is 5.75 Å². The van der Waals surface area contributed by atoms with Crippen LogP contribution in [0.1, 0.15) is 5.56 Å². The average Bonchev–Trinajstić information content (AvgIpc) is 2.37. The van der Waals surface area contributed by atoms with Gasteiger partial charge in [-0.25, -0.2) is 4.79 Å². The lowest BCUT2D eigenvalue weighted by Gasteiger charge is -2.04. The number of fused-ring (bicyclic) bond motifs is 1. The van der Waals surface area contributed by atoms with E-state index in [1.54, 1.807) is 12.1 Å². The Hall–Kier alpha value is -2.29. The fourth-order valence-electron chi connectivity index (χ4n) is 1.68. The second-order valence-electron chi connectivity index (χ2n) is 3.58. The Morgan fingerprint density at radius 2 is 2.00 bits per heavy atom. The minimum absolute atomic E-state index is 0.142. The molecule has 0 saturated carbocycles. The minimum Gasteiger partial charge on any atom is -0.507 e. The number of esters is 1. The summed E-state index contributed by atoms with van der Waals surface area (Å²) >= 11 is 0. The number of hydrogen-bond acceptors (Lipinski definition) is 3. The van der Waals surface area contributed by atoms with E-state index in [4.69, 9.17) is 0 Å². The van der Waals surface area contributed by atoms with Crippen LogP contribution in [-0.4, -0.2) is 18.2 Å². The van der Waals surface area contributed by atoms with Gasteiger partial charge in [0.15, 0.2) is 0 Å². The number of ether oxygens (including phenoxy) is 1. The smallest absolute Gasteiger partial charge is 0.330 e. The molecule has 3 heteroatoms. The van der Waals surface area contributed by atoms with E-state index in [1.807, 2.05) is 30.3 Å². The molecule has 0 saturated heterocycles. The molecule has 86 valence electrons. The van der Waals surface area contributed by atoms with Gasteiger partial charge in [0.2, 0.25) is 0 Å². The fraction of sp³-hybridized carbons (Fsp3) is 0.0714. The molecule has 0 heterocycles. The normalized spacial score (nSPS) is 10.9. The van der Waals surface area contributed by atoms with Crippen molar-refractivity contribution in [1.82, 2.24) is 0 Å². The van der Waals surface area contributed by atoms with Crippen molar-refractivity contribution in [2.24, 2.45) is 0 Å². The molecule has 17 heavy (non-hydrogen) atoms. The van der Waals surface area contributed by atoms with E-state index in [0.29, 0.717) is 5.56 Å². The molecule has 0 aliphatic heterocycles. The predicted molar refractivity (Wildman–Crippen MR) is 66.7 cm³/mol. The van der Waals surface area contributed by atoms with Crippen LogP contribution in [0.25, 0.3) is 16.8 Å². The number of rotatable bonds is 2. The summed E-state index contributed by atoms with van der Waals surface area (Å²) in [6, 6.07) is 11.1. The molecule has 0 spiro atoms. The van der Waals surface area contributed by atoms with Crippen molar-refractivity contribution in [2.75, 3.05) is 7.11 Å². The number of benzene rings is 2. The molecule has 0 bridgehead atoms. The molecule has 0 radical (unpaired) electrons. The maximum absolute atomic E-state index is 11.0. The zero-order chi connectivity index (χ0) is 12.3. The van der Waals surface area contributed by atoms with Gasteiger partial charge in [0.05, 0.1) is 7.11 Å². The van der Waals surface area contributed by atoms with E-state index in [0.717, 1.165) is 10.8 Å². The number of aromatic hydroxyl groups is 1. The highest BCUT2D eigenvalue weighted by atomic mass is 16.5. The molecule has 0 unspecified atom stereocenters. The van der Waals surface area contributed by atoms with Crippen molar-refractivity contribution >= 4 is 22.8 Å². The van der Waals surface area contributed by atoms with Crippen molar-refractivity contribution in [3.63, 3.8) is 0 Å². The van der Waals surface area contributed by atoms with E-state index >= 15 is 0 Å². The van der Waals surface area contributed by atoms with E-state index in [2.05, 4.69) is 4.74 Å². The summed E-state index contributed by atoms with van der Waals surface area (Å²) in [6.45, 7) is 0. The molecule has 0 amide bonds. The fourth-order valence-corrected chi connectivity index (χ4v) is 1.68. The van der Waals surface area contributed by atoms with Gasteiger partial charge in [0, 0.05) is 11.6 Å². The van der Waals surface area contributed by atoms with E-state index in [-0.39, 0.29) is 5.75 Å². The largest absolute Gasteiger partial charge is 0.507 e. The summed E-state index contributed by atoms with van der Waals surface area (Å²) in [7, 11) is 1.32. The van der Waals surface area contributed by atoms with E-state index in [1.165, 1.54) is 13.2 Å². The number of phenolic OH excluding ortho intramolecular Hbond substituents is 1. The predicted octanol–water partition coefficient (Wildman–Crippen LogP) is 2.73. The third-order valence-corrected chi connectivity index (χ3v) is 2.53. The molecule has 2 aromatic carbocycles. The monoisotopic (exact) mass is 228 g/mol.